The normalized spacial score (nSPS) is 14.9. The van der Waals surface area contributed by atoms with Gasteiger partial charge < -0.3 is 15.4 Å². The lowest BCUT2D eigenvalue weighted by Crippen LogP contribution is -2.38. The largest absolute Gasteiger partial charge is 0.473 e. The molecule has 2 N–H and O–H groups in total. The zero-order valence-corrected chi connectivity index (χ0v) is 19.6. The van der Waals surface area contributed by atoms with Crippen LogP contribution in [0, 0.1) is 25.5 Å². The van der Waals surface area contributed by atoms with Crippen LogP contribution in [0.2, 0.25) is 0 Å². The Morgan fingerprint density at radius 1 is 1.14 bits per heavy atom. The van der Waals surface area contributed by atoms with Gasteiger partial charge in [0.1, 0.15) is 18.2 Å². The highest BCUT2D eigenvalue weighted by Crippen LogP contribution is 2.26. The molecule has 8 heteroatoms. The van der Waals surface area contributed by atoms with Crippen LogP contribution in [-0.2, 0) is 13.0 Å². The van der Waals surface area contributed by atoms with Crippen molar-refractivity contribution in [1.82, 2.24) is 14.9 Å². The summed E-state index contributed by atoms with van der Waals surface area (Å²) >= 11 is 0. The number of anilines is 1. The number of para-hydroxylation sites is 1. The second-order valence-corrected chi connectivity index (χ2v) is 8.86. The molecule has 3 heterocycles. The zero-order chi connectivity index (χ0) is 24.5. The van der Waals surface area contributed by atoms with Crippen LogP contribution in [0.1, 0.15) is 39.2 Å². The number of aromatic nitrogens is 2. The summed E-state index contributed by atoms with van der Waals surface area (Å²) in [6.07, 6.45) is 1.89. The average Bonchev–Trinajstić information content (AvgIpc) is 3.17. The third-order valence-electron chi connectivity index (χ3n) is 6.32. The first-order chi connectivity index (χ1) is 16.9. The SMILES string of the molecule is Cc1cc(OCc2c(F)cccc2F)n2nc(C)c(C(=O)NCC3CCc4ccccc4N3)c2c1. The Kier molecular flexibility index (Phi) is 6.11. The molecule has 0 saturated heterocycles. The Balaban J connectivity index is 1.35. The molecule has 1 aliphatic rings. The highest BCUT2D eigenvalue weighted by Gasteiger charge is 2.22. The Morgan fingerprint density at radius 2 is 1.91 bits per heavy atom. The number of fused-ring (bicyclic) bond motifs is 2. The molecule has 180 valence electrons. The van der Waals surface area contributed by atoms with Gasteiger partial charge in [0.15, 0.2) is 0 Å². The number of ether oxygens (including phenoxy) is 1. The molecule has 1 atom stereocenters. The van der Waals surface area contributed by atoms with Crippen molar-refractivity contribution in [2.24, 2.45) is 0 Å². The van der Waals surface area contributed by atoms with Gasteiger partial charge in [0, 0.05) is 24.3 Å². The lowest BCUT2D eigenvalue weighted by atomic mass is 9.98. The van der Waals surface area contributed by atoms with Crippen molar-refractivity contribution in [2.45, 2.75) is 39.3 Å². The molecule has 0 radical (unpaired) electrons. The number of rotatable bonds is 6. The lowest BCUT2D eigenvalue weighted by Gasteiger charge is -2.27. The average molecular weight is 477 g/mol. The van der Waals surface area contributed by atoms with Gasteiger partial charge >= 0.3 is 0 Å². The summed E-state index contributed by atoms with van der Waals surface area (Å²) < 4.78 is 35.3. The van der Waals surface area contributed by atoms with Gasteiger partial charge in [0.05, 0.1) is 22.3 Å². The molecule has 6 nitrogen and oxygen atoms in total. The van der Waals surface area contributed by atoms with Crippen molar-refractivity contribution < 1.29 is 18.3 Å². The number of carbonyl (C=O) groups is 1. The molecule has 0 spiro atoms. The summed E-state index contributed by atoms with van der Waals surface area (Å²) in [7, 11) is 0. The smallest absolute Gasteiger partial charge is 0.255 e. The van der Waals surface area contributed by atoms with Gasteiger partial charge in [0.2, 0.25) is 5.88 Å². The van der Waals surface area contributed by atoms with Crippen LogP contribution < -0.4 is 15.4 Å². The number of amides is 1. The van der Waals surface area contributed by atoms with Crippen LogP contribution in [0.4, 0.5) is 14.5 Å². The number of hydrogen-bond donors (Lipinski definition) is 2. The number of aryl methyl sites for hydroxylation is 3. The summed E-state index contributed by atoms with van der Waals surface area (Å²) in [5.41, 5.74) is 4.63. The number of carbonyl (C=O) groups excluding carboxylic acids is 1. The predicted octanol–water partition coefficient (Wildman–Crippen LogP) is 4.97. The minimum absolute atomic E-state index is 0.132. The van der Waals surface area contributed by atoms with Gasteiger partial charge in [0.25, 0.3) is 5.91 Å². The highest BCUT2D eigenvalue weighted by molar-refractivity contribution is 6.02. The van der Waals surface area contributed by atoms with Gasteiger partial charge in [-0.25, -0.2) is 8.78 Å². The molecule has 0 fully saturated rings. The quantitative estimate of drug-likeness (QED) is 0.413. The molecule has 1 amide bonds. The van der Waals surface area contributed by atoms with E-state index in [0.717, 1.165) is 24.1 Å². The first-order valence-electron chi connectivity index (χ1n) is 11.6. The van der Waals surface area contributed by atoms with E-state index in [0.29, 0.717) is 29.2 Å². The van der Waals surface area contributed by atoms with Gasteiger partial charge in [-0.2, -0.15) is 9.61 Å². The van der Waals surface area contributed by atoms with Gasteiger partial charge in [-0.15, -0.1) is 0 Å². The summed E-state index contributed by atoms with van der Waals surface area (Å²) in [4.78, 5) is 13.2. The summed E-state index contributed by atoms with van der Waals surface area (Å²) in [6, 6.07) is 15.6. The van der Waals surface area contributed by atoms with Gasteiger partial charge in [-0.1, -0.05) is 24.3 Å². The van der Waals surface area contributed by atoms with Crippen LogP contribution in [-0.4, -0.2) is 28.1 Å². The molecular weight excluding hydrogens is 450 g/mol. The Labute approximate surface area is 201 Å². The van der Waals surface area contributed by atoms with Gasteiger partial charge in [-0.05, 0) is 62.1 Å². The molecule has 2 aromatic heterocycles. The fourth-order valence-electron chi connectivity index (χ4n) is 4.52. The number of nitrogens with one attached hydrogen (secondary N) is 2. The van der Waals surface area contributed by atoms with E-state index in [2.05, 4.69) is 27.9 Å². The molecular formula is C27H26F2N4O2. The van der Waals surface area contributed by atoms with Crippen molar-refractivity contribution in [2.75, 3.05) is 11.9 Å². The van der Waals surface area contributed by atoms with Crippen LogP contribution in [0.15, 0.2) is 54.6 Å². The highest BCUT2D eigenvalue weighted by atomic mass is 19.1. The van der Waals surface area contributed by atoms with Crippen molar-refractivity contribution >= 4 is 17.1 Å². The topological polar surface area (TPSA) is 67.7 Å². The maximum absolute atomic E-state index is 14.0. The zero-order valence-electron chi connectivity index (χ0n) is 19.6. The lowest BCUT2D eigenvalue weighted by molar-refractivity contribution is 0.0952. The second-order valence-electron chi connectivity index (χ2n) is 8.86. The Bertz CT molecular complexity index is 1400. The van der Waals surface area contributed by atoms with Crippen molar-refractivity contribution in [3.8, 4) is 5.88 Å². The van der Waals surface area contributed by atoms with E-state index in [1.807, 2.05) is 25.1 Å². The molecule has 35 heavy (non-hydrogen) atoms. The van der Waals surface area contributed by atoms with E-state index in [1.165, 1.54) is 28.3 Å². The summed E-state index contributed by atoms with van der Waals surface area (Å²) in [5, 5.41) is 11.0. The van der Waals surface area contributed by atoms with E-state index in [1.54, 1.807) is 13.0 Å². The third kappa shape index (κ3) is 4.56. The molecule has 5 rings (SSSR count). The third-order valence-corrected chi connectivity index (χ3v) is 6.32. The van der Waals surface area contributed by atoms with Crippen LogP contribution in [0.3, 0.4) is 0 Å². The van der Waals surface area contributed by atoms with E-state index in [4.69, 9.17) is 4.74 Å². The molecule has 0 saturated carbocycles. The predicted molar refractivity (Wildman–Crippen MR) is 130 cm³/mol. The molecule has 0 bridgehead atoms. The van der Waals surface area contributed by atoms with Crippen molar-refractivity contribution in [3.63, 3.8) is 0 Å². The van der Waals surface area contributed by atoms with Crippen LogP contribution >= 0.6 is 0 Å². The number of pyridine rings is 1. The molecule has 1 aliphatic heterocycles. The summed E-state index contributed by atoms with van der Waals surface area (Å²) in [6.45, 7) is 3.80. The van der Waals surface area contributed by atoms with Crippen LogP contribution in [0.5, 0.6) is 5.88 Å². The first kappa shape index (κ1) is 22.8. The van der Waals surface area contributed by atoms with E-state index in [-0.39, 0.29) is 24.1 Å². The summed E-state index contributed by atoms with van der Waals surface area (Å²) in [5.74, 6) is -1.28. The standard InChI is InChI=1S/C27H26F2N4O2/c1-16-12-24-26(27(34)30-14-19-11-10-18-6-3-4-9-23(18)31-19)17(2)32-33(24)25(13-16)35-15-20-21(28)7-5-8-22(20)29/h3-9,12-13,19,31H,10-11,14-15H2,1-2H3,(H,30,34). The monoisotopic (exact) mass is 476 g/mol. The minimum atomic E-state index is -0.676. The van der Waals surface area contributed by atoms with E-state index >= 15 is 0 Å². The molecule has 0 aliphatic carbocycles. The van der Waals surface area contributed by atoms with E-state index in [9.17, 15) is 13.6 Å². The molecule has 4 aromatic rings. The number of nitrogens with zero attached hydrogens (tertiary/aromatic N) is 2. The number of halogens is 2. The minimum Gasteiger partial charge on any atom is -0.473 e. The fourth-order valence-corrected chi connectivity index (χ4v) is 4.52. The molecule has 2 aromatic carbocycles. The Morgan fingerprint density at radius 3 is 2.71 bits per heavy atom. The number of hydrogen-bond acceptors (Lipinski definition) is 4. The van der Waals surface area contributed by atoms with Gasteiger partial charge in [-0.3, -0.25) is 4.79 Å². The maximum Gasteiger partial charge on any atom is 0.255 e. The van der Waals surface area contributed by atoms with Crippen molar-refractivity contribution in [1.29, 1.82) is 0 Å². The van der Waals surface area contributed by atoms with Crippen molar-refractivity contribution in [3.05, 3.63) is 94.2 Å². The molecule has 1 unspecified atom stereocenters. The second kappa shape index (κ2) is 9.37. The Hall–Kier alpha value is -3.94. The van der Waals surface area contributed by atoms with Crippen LogP contribution in [0.25, 0.3) is 5.52 Å². The fraction of sp³-hybridized carbons (Fsp3) is 0.259. The first-order valence-corrected chi connectivity index (χ1v) is 11.6. The maximum atomic E-state index is 14.0. The number of benzene rings is 2. The van der Waals surface area contributed by atoms with E-state index < -0.39 is 11.6 Å².